The summed E-state index contributed by atoms with van der Waals surface area (Å²) < 4.78 is 0. The molecule has 0 saturated carbocycles. The van der Waals surface area contributed by atoms with E-state index in [0.717, 1.165) is 18.7 Å². The Morgan fingerprint density at radius 2 is 1.94 bits per heavy atom. The first-order chi connectivity index (χ1) is 8.29. The van der Waals surface area contributed by atoms with E-state index in [1.807, 2.05) is 13.2 Å². The van der Waals surface area contributed by atoms with Gasteiger partial charge in [-0.05, 0) is 42.3 Å². The van der Waals surface area contributed by atoms with Crippen molar-refractivity contribution in [2.45, 2.75) is 6.42 Å². The standard InChI is InChI=1S/C14H19N3/c1-15-13-3-5-14(6-4-13)17(2)10-8-12-7-9-16-11-12/h3-7,9,11,15-16H,8,10H2,1-2H3. The molecule has 2 aromatic rings. The predicted octanol–water partition coefficient (Wildman–Crippen LogP) is 2.74. The normalized spacial score (nSPS) is 10.2. The molecule has 0 saturated heterocycles. The van der Waals surface area contributed by atoms with Gasteiger partial charge in [0.15, 0.2) is 0 Å². The van der Waals surface area contributed by atoms with E-state index < -0.39 is 0 Å². The van der Waals surface area contributed by atoms with Crippen molar-refractivity contribution in [3.63, 3.8) is 0 Å². The molecule has 3 nitrogen and oxygen atoms in total. The van der Waals surface area contributed by atoms with Crippen LogP contribution in [0.5, 0.6) is 0 Å². The lowest BCUT2D eigenvalue weighted by Gasteiger charge is -2.19. The third-order valence-electron chi connectivity index (χ3n) is 3.00. The van der Waals surface area contributed by atoms with Gasteiger partial charge in [-0.25, -0.2) is 0 Å². The van der Waals surface area contributed by atoms with Gasteiger partial charge in [-0.15, -0.1) is 0 Å². The molecular formula is C14H19N3. The summed E-state index contributed by atoms with van der Waals surface area (Å²) in [5, 5.41) is 3.12. The van der Waals surface area contributed by atoms with E-state index in [1.54, 1.807) is 0 Å². The highest BCUT2D eigenvalue weighted by atomic mass is 15.1. The van der Waals surface area contributed by atoms with Crippen LogP contribution in [0.15, 0.2) is 42.7 Å². The van der Waals surface area contributed by atoms with Gasteiger partial charge in [0.2, 0.25) is 0 Å². The van der Waals surface area contributed by atoms with Gasteiger partial charge < -0.3 is 15.2 Å². The van der Waals surface area contributed by atoms with Crippen LogP contribution in [0.25, 0.3) is 0 Å². The fraction of sp³-hybridized carbons (Fsp3) is 0.286. The molecule has 0 amide bonds. The number of hydrogen-bond acceptors (Lipinski definition) is 2. The molecule has 90 valence electrons. The quantitative estimate of drug-likeness (QED) is 0.826. The Morgan fingerprint density at radius 3 is 2.53 bits per heavy atom. The van der Waals surface area contributed by atoms with Gasteiger partial charge in [0.1, 0.15) is 0 Å². The van der Waals surface area contributed by atoms with Crippen molar-refractivity contribution < 1.29 is 0 Å². The summed E-state index contributed by atoms with van der Waals surface area (Å²) in [6, 6.07) is 10.6. The van der Waals surface area contributed by atoms with Crippen molar-refractivity contribution in [2.75, 3.05) is 30.9 Å². The van der Waals surface area contributed by atoms with E-state index >= 15 is 0 Å². The fourth-order valence-corrected chi connectivity index (χ4v) is 1.82. The van der Waals surface area contributed by atoms with Crippen molar-refractivity contribution >= 4 is 11.4 Å². The summed E-state index contributed by atoms with van der Waals surface area (Å²) in [7, 11) is 4.06. The number of aromatic nitrogens is 1. The van der Waals surface area contributed by atoms with Crippen LogP contribution in [0.2, 0.25) is 0 Å². The second-order valence-electron chi connectivity index (χ2n) is 4.19. The Kier molecular flexibility index (Phi) is 3.70. The number of H-pyrrole nitrogens is 1. The zero-order valence-corrected chi connectivity index (χ0v) is 10.4. The van der Waals surface area contributed by atoms with Crippen LogP contribution < -0.4 is 10.2 Å². The maximum atomic E-state index is 3.12. The van der Waals surface area contributed by atoms with Gasteiger partial charge in [-0.2, -0.15) is 0 Å². The number of aromatic amines is 1. The monoisotopic (exact) mass is 229 g/mol. The topological polar surface area (TPSA) is 31.1 Å². The average molecular weight is 229 g/mol. The average Bonchev–Trinajstić information content (AvgIpc) is 2.89. The van der Waals surface area contributed by atoms with Gasteiger partial charge in [-0.1, -0.05) is 0 Å². The van der Waals surface area contributed by atoms with Crippen LogP contribution in [0.3, 0.4) is 0 Å². The molecule has 0 atom stereocenters. The van der Waals surface area contributed by atoms with E-state index in [4.69, 9.17) is 0 Å². The molecule has 2 rings (SSSR count). The zero-order chi connectivity index (χ0) is 12.1. The van der Waals surface area contributed by atoms with Crippen LogP contribution in [0.1, 0.15) is 5.56 Å². The Hall–Kier alpha value is -1.90. The summed E-state index contributed by atoms with van der Waals surface area (Å²) in [6.45, 7) is 1.02. The number of nitrogens with one attached hydrogen (secondary N) is 2. The van der Waals surface area contributed by atoms with Crippen molar-refractivity contribution in [2.24, 2.45) is 0 Å². The van der Waals surface area contributed by atoms with E-state index in [2.05, 4.69) is 58.8 Å². The summed E-state index contributed by atoms with van der Waals surface area (Å²) in [4.78, 5) is 5.35. The molecular weight excluding hydrogens is 210 g/mol. The van der Waals surface area contributed by atoms with Crippen molar-refractivity contribution in [3.8, 4) is 0 Å². The van der Waals surface area contributed by atoms with Crippen LogP contribution >= 0.6 is 0 Å². The smallest absolute Gasteiger partial charge is 0.0365 e. The molecule has 3 heteroatoms. The van der Waals surface area contributed by atoms with Crippen LogP contribution in [0.4, 0.5) is 11.4 Å². The minimum Gasteiger partial charge on any atom is -0.388 e. The fourth-order valence-electron chi connectivity index (χ4n) is 1.82. The lowest BCUT2D eigenvalue weighted by molar-refractivity contribution is 0.878. The lowest BCUT2D eigenvalue weighted by Crippen LogP contribution is -2.19. The van der Waals surface area contributed by atoms with Crippen molar-refractivity contribution in [1.29, 1.82) is 0 Å². The molecule has 2 N–H and O–H groups in total. The SMILES string of the molecule is CNc1ccc(N(C)CCc2cc[nH]c2)cc1. The maximum absolute atomic E-state index is 3.12. The zero-order valence-electron chi connectivity index (χ0n) is 10.4. The molecule has 0 unspecified atom stereocenters. The minimum absolute atomic E-state index is 1.02. The Morgan fingerprint density at radius 1 is 1.18 bits per heavy atom. The molecule has 0 radical (unpaired) electrons. The molecule has 0 fully saturated rings. The van der Waals surface area contributed by atoms with E-state index in [-0.39, 0.29) is 0 Å². The molecule has 1 heterocycles. The largest absolute Gasteiger partial charge is 0.388 e. The van der Waals surface area contributed by atoms with E-state index in [0.29, 0.717) is 0 Å². The minimum atomic E-state index is 1.02. The van der Waals surface area contributed by atoms with Gasteiger partial charge >= 0.3 is 0 Å². The number of benzene rings is 1. The number of hydrogen-bond donors (Lipinski definition) is 2. The first kappa shape index (κ1) is 11.6. The molecule has 17 heavy (non-hydrogen) atoms. The second kappa shape index (κ2) is 5.43. The lowest BCUT2D eigenvalue weighted by atomic mass is 10.2. The van der Waals surface area contributed by atoms with Crippen molar-refractivity contribution in [1.82, 2.24) is 4.98 Å². The highest BCUT2D eigenvalue weighted by molar-refractivity contribution is 5.54. The molecule has 1 aromatic carbocycles. The molecule has 0 aliphatic rings. The van der Waals surface area contributed by atoms with E-state index in [1.165, 1.54) is 11.3 Å². The Balaban J connectivity index is 1.92. The Labute approximate surface area is 102 Å². The molecule has 0 bridgehead atoms. The number of nitrogens with zero attached hydrogens (tertiary/aromatic N) is 1. The van der Waals surface area contributed by atoms with Gasteiger partial charge in [0, 0.05) is 44.4 Å². The highest BCUT2D eigenvalue weighted by Gasteiger charge is 2.01. The summed E-state index contributed by atoms with van der Waals surface area (Å²) in [6.07, 6.45) is 5.09. The van der Waals surface area contributed by atoms with Crippen LogP contribution in [-0.2, 0) is 6.42 Å². The summed E-state index contributed by atoms with van der Waals surface area (Å²) in [5.41, 5.74) is 3.75. The van der Waals surface area contributed by atoms with Gasteiger partial charge in [-0.3, -0.25) is 0 Å². The van der Waals surface area contributed by atoms with Crippen LogP contribution in [-0.4, -0.2) is 25.6 Å². The van der Waals surface area contributed by atoms with E-state index in [9.17, 15) is 0 Å². The second-order valence-corrected chi connectivity index (χ2v) is 4.19. The van der Waals surface area contributed by atoms with Gasteiger partial charge in [0.25, 0.3) is 0 Å². The summed E-state index contributed by atoms with van der Waals surface area (Å²) in [5.74, 6) is 0. The maximum Gasteiger partial charge on any atom is 0.0365 e. The van der Waals surface area contributed by atoms with Crippen LogP contribution in [0, 0.1) is 0 Å². The van der Waals surface area contributed by atoms with Crippen molar-refractivity contribution in [3.05, 3.63) is 48.3 Å². The first-order valence-electron chi connectivity index (χ1n) is 5.90. The first-order valence-corrected chi connectivity index (χ1v) is 5.90. The number of anilines is 2. The molecule has 0 aliphatic heterocycles. The Bertz CT molecular complexity index is 431. The molecule has 0 spiro atoms. The summed E-state index contributed by atoms with van der Waals surface area (Å²) >= 11 is 0. The third-order valence-corrected chi connectivity index (χ3v) is 3.00. The predicted molar refractivity (Wildman–Crippen MR) is 73.8 cm³/mol. The number of likely N-dealkylation sites (N-methyl/N-ethyl adjacent to an activating group) is 1. The highest BCUT2D eigenvalue weighted by Crippen LogP contribution is 2.16. The molecule has 1 aromatic heterocycles. The number of rotatable bonds is 5. The third kappa shape index (κ3) is 3.03. The van der Waals surface area contributed by atoms with Gasteiger partial charge in [0.05, 0.1) is 0 Å². The molecule has 0 aliphatic carbocycles.